The molecule has 0 atom stereocenters. The molecule has 0 fully saturated rings. The van der Waals surface area contributed by atoms with Crippen molar-refractivity contribution in [2.45, 2.75) is 0 Å². The van der Waals surface area contributed by atoms with Crippen LogP contribution in [0.25, 0.3) is 21.5 Å². The fraction of sp³-hybridized carbons (Fsp3) is 0.0870. The van der Waals surface area contributed by atoms with Gasteiger partial charge in [0.2, 0.25) is 0 Å². The highest BCUT2D eigenvalue weighted by Gasteiger charge is 2.16. The minimum atomic E-state index is -0.324. The van der Waals surface area contributed by atoms with Gasteiger partial charge in [0.25, 0.3) is 0 Å². The predicted octanol–water partition coefficient (Wildman–Crippen LogP) is 5.23. The number of carbonyl (C=O) groups is 1. The molecular weight excluding hydrogens is 324 g/mol. The van der Waals surface area contributed by atoms with Crippen LogP contribution in [0.5, 0.6) is 5.75 Å². The maximum absolute atomic E-state index is 12.8. The second kappa shape index (κ2) is 7.28. The van der Waals surface area contributed by atoms with Crippen LogP contribution >= 0.6 is 0 Å². The molecule has 0 aliphatic rings. The maximum atomic E-state index is 12.8. The van der Waals surface area contributed by atoms with Crippen LogP contribution in [0.2, 0.25) is 0 Å². The molecule has 0 heterocycles. The van der Waals surface area contributed by atoms with Crippen LogP contribution in [-0.2, 0) is 4.74 Å². The molecule has 3 heteroatoms. The Hall–Kier alpha value is -3.33. The molecule has 0 N–H and O–H groups in total. The molecule has 0 aliphatic heterocycles. The van der Waals surface area contributed by atoms with Gasteiger partial charge >= 0.3 is 5.97 Å². The lowest BCUT2D eigenvalue weighted by Crippen LogP contribution is -2.13. The van der Waals surface area contributed by atoms with Gasteiger partial charge in [-0.1, -0.05) is 66.7 Å². The quantitative estimate of drug-likeness (QED) is 0.283. The lowest BCUT2D eigenvalue weighted by atomic mass is 9.97. The zero-order chi connectivity index (χ0) is 17.8. The third-order valence-corrected chi connectivity index (χ3v) is 4.30. The van der Waals surface area contributed by atoms with Crippen molar-refractivity contribution < 1.29 is 14.3 Å². The number of esters is 1. The molecule has 0 bridgehead atoms. The first-order valence-corrected chi connectivity index (χ1v) is 8.58. The number of rotatable bonds is 5. The minimum Gasteiger partial charge on any atom is -0.490 e. The first-order chi connectivity index (χ1) is 12.8. The second-order valence-corrected chi connectivity index (χ2v) is 5.99. The number of benzene rings is 4. The fourth-order valence-electron chi connectivity index (χ4n) is 3.12. The van der Waals surface area contributed by atoms with Crippen LogP contribution in [0.15, 0.2) is 84.9 Å². The Morgan fingerprint density at radius 2 is 1.27 bits per heavy atom. The number of ether oxygens (including phenoxy) is 2. The van der Waals surface area contributed by atoms with E-state index in [-0.39, 0.29) is 12.6 Å². The van der Waals surface area contributed by atoms with Crippen LogP contribution in [0.3, 0.4) is 0 Å². The molecule has 0 saturated carbocycles. The summed E-state index contributed by atoms with van der Waals surface area (Å²) in [6.07, 6.45) is 0. The Kier molecular flexibility index (Phi) is 4.52. The van der Waals surface area contributed by atoms with E-state index in [9.17, 15) is 4.79 Å². The van der Waals surface area contributed by atoms with Gasteiger partial charge in [-0.05, 0) is 39.7 Å². The Morgan fingerprint density at radius 3 is 1.92 bits per heavy atom. The summed E-state index contributed by atoms with van der Waals surface area (Å²) < 4.78 is 11.1. The average molecular weight is 342 g/mol. The van der Waals surface area contributed by atoms with Gasteiger partial charge in [-0.25, -0.2) is 4.79 Å². The molecular formula is C23H18O3. The largest absolute Gasteiger partial charge is 0.490 e. The molecule has 128 valence electrons. The van der Waals surface area contributed by atoms with Crippen LogP contribution in [0.4, 0.5) is 0 Å². The topological polar surface area (TPSA) is 35.5 Å². The standard InChI is InChI=1S/C23H18O3/c24-23(26-15-14-25-19-10-2-1-3-11-19)22-20-12-6-4-8-17(20)16-18-9-5-7-13-21(18)22/h1-13,16H,14-15H2. The minimum absolute atomic E-state index is 0.200. The highest BCUT2D eigenvalue weighted by Crippen LogP contribution is 2.29. The van der Waals surface area contributed by atoms with Crippen molar-refractivity contribution >= 4 is 27.5 Å². The number of hydrogen-bond donors (Lipinski definition) is 0. The summed E-state index contributed by atoms with van der Waals surface area (Å²) in [6.45, 7) is 0.518. The second-order valence-electron chi connectivity index (χ2n) is 5.99. The number of fused-ring (bicyclic) bond motifs is 2. The molecule has 0 spiro atoms. The monoisotopic (exact) mass is 342 g/mol. The fourth-order valence-corrected chi connectivity index (χ4v) is 3.12. The molecule has 4 rings (SSSR count). The molecule has 3 nitrogen and oxygen atoms in total. The predicted molar refractivity (Wildman–Crippen MR) is 104 cm³/mol. The Morgan fingerprint density at radius 1 is 0.692 bits per heavy atom. The SMILES string of the molecule is O=C(OCCOc1ccccc1)c1c2ccccc2cc2ccccc12. The number of para-hydroxylation sites is 1. The summed E-state index contributed by atoms with van der Waals surface area (Å²) in [5.74, 6) is 0.439. The lowest BCUT2D eigenvalue weighted by Gasteiger charge is -2.12. The summed E-state index contributed by atoms with van der Waals surface area (Å²) in [6, 6.07) is 27.3. The van der Waals surface area contributed by atoms with E-state index in [1.54, 1.807) is 0 Å². The van der Waals surface area contributed by atoms with Crippen LogP contribution in [0.1, 0.15) is 10.4 Å². The lowest BCUT2D eigenvalue weighted by molar-refractivity contribution is 0.0455. The first kappa shape index (κ1) is 16.2. The van der Waals surface area contributed by atoms with E-state index in [0.29, 0.717) is 12.2 Å². The summed E-state index contributed by atoms with van der Waals surface area (Å²) in [4.78, 5) is 12.8. The molecule has 0 aliphatic carbocycles. The van der Waals surface area contributed by atoms with Crippen molar-refractivity contribution in [2.24, 2.45) is 0 Å². The molecule has 0 radical (unpaired) electrons. The maximum Gasteiger partial charge on any atom is 0.339 e. The average Bonchev–Trinajstić information content (AvgIpc) is 2.70. The van der Waals surface area contributed by atoms with E-state index in [1.807, 2.05) is 78.9 Å². The van der Waals surface area contributed by atoms with E-state index in [0.717, 1.165) is 27.3 Å². The van der Waals surface area contributed by atoms with E-state index >= 15 is 0 Å². The van der Waals surface area contributed by atoms with Gasteiger partial charge in [-0.2, -0.15) is 0 Å². The Labute approximate surface area is 151 Å². The Balaban J connectivity index is 1.57. The van der Waals surface area contributed by atoms with Crippen molar-refractivity contribution in [3.8, 4) is 5.75 Å². The van der Waals surface area contributed by atoms with E-state index in [2.05, 4.69) is 6.07 Å². The smallest absolute Gasteiger partial charge is 0.339 e. The van der Waals surface area contributed by atoms with Gasteiger partial charge in [-0.3, -0.25) is 0 Å². The molecule has 4 aromatic carbocycles. The van der Waals surface area contributed by atoms with Crippen LogP contribution < -0.4 is 4.74 Å². The highest BCUT2D eigenvalue weighted by molar-refractivity contribution is 6.16. The summed E-state index contributed by atoms with van der Waals surface area (Å²) in [7, 11) is 0. The summed E-state index contributed by atoms with van der Waals surface area (Å²) >= 11 is 0. The van der Waals surface area contributed by atoms with Crippen molar-refractivity contribution in [3.05, 3.63) is 90.5 Å². The summed E-state index contributed by atoms with van der Waals surface area (Å²) in [5.41, 5.74) is 0.610. The van der Waals surface area contributed by atoms with Gasteiger partial charge in [0.1, 0.15) is 19.0 Å². The summed E-state index contributed by atoms with van der Waals surface area (Å²) in [5, 5.41) is 3.86. The molecule has 0 aromatic heterocycles. The van der Waals surface area contributed by atoms with Gasteiger partial charge in [0.05, 0.1) is 5.56 Å². The van der Waals surface area contributed by atoms with E-state index < -0.39 is 0 Å². The van der Waals surface area contributed by atoms with E-state index in [1.165, 1.54) is 0 Å². The van der Waals surface area contributed by atoms with Gasteiger partial charge < -0.3 is 9.47 Å². The zero-order valence-corrected chi connectivity index (χ0v) is 14.2. The number of carbonyl (C=O) groups excluding carboxylic acids is 1. The third-order valence-electron chi connectivity index (χ3n) is 4.30. The molecule has 0 saturated heterocycles. The zero-order valence-electron chi connectivity index (χ0n) is 14.2. The van der Waals surface area contributed by atoms with Gasteiger partial charge in [0.15, 0.2) is 0 Å². The van der Waals surface area contributed by atoms with Crippen molar-refractivity contribution in [3.63, 3.8) is 0 Å². The van der Waals surface area contributed by atoms with Crippen molar-refractivity contribution in [1.82, 2.24) is 0 Å². The molecule has 0 amide bonds. The normalized spacial score (nSPS) is 10.8. The Bertz CT molecular complexity index is 1000. The van der Waals surface area contributed by atoms with Crippen molar-refractivity contribution in [1.29, 1.82) is 0 Å². The van der Waals surface area contributed by atoms with E-state index in [4.69, 9.17) is 9.47 Å². The van der Waals surface area contributed by atoms with Gasteiger partial charge in [-0.15, -0.1) is 0 Å². The molecule has 4 aromatic rings. The number of hydrogen-bond acceptors (Lipinski definition) is 3. The third kappa shape index (κ3) is 3.24. The highest BCUT2D eigenvalue weighted by atomic mass is 16.6. The first-order valence-electron chi connectivity index (χ1n) is 8.58. The van der Waals surface area contributed by atoms with Gasteiger partial charge in [0, 0.05) is 0 Å². The molecule has 26 heavy (non-hydrogen) atoms. The molecule has 0 unspecified atom stereocenters. The van der Waals surface area contributed by atoms with Crippen LogP contribution in [0, 0.1) is 0 Å². The van der Waals surface area contributed by atoms with Crippen LogP contribution in [-0.4, -0.2) is 19.2 Å². The van der Waals surface area contributed by atoms with Crippen molar-refractivity contribution in [2.75, 3.05) is 13.2 Å².